The van der Waals surface area contributed by atoms with Crippen LogP contribution in [-0.4, -0.2) is 15.7 Å². The summed E-state index contributed by atoms with van der Waals surface area (Å²) in [6.07, 6.45) is 0. The predicted molar refractivity (Wildman–Crippen MR) is 100 cm³/mol. The third-order valence-electron chi connectivity index (χ3n) is 3.62. The van der Waals surface area contributed by atoms with Crippen molar-refractivity contribution < 1.29 is 4.79 Å². The van der Waals surface area contributed by atoms with Crippen LogP contribution in [0.5, 0.6) is 0 Å². The summed E-state index contributed by atoms with van der Waals surface area (Å²) in [4.78, 5) is 12.6. The summed E-state index contributed by atoms with van der Waals surface area (Å²) in [5.41, 5.74) is 3.89. The smallest absolute Gasteiger partial charge is 0.259 e. The summed E-state index contributed by atoms with van der Waals surface area (Å²) in [6.45, 7) is 3.77. The molecule has 0 radical (unpaired) electrons. The van der Waals surface area contributed by atoms with Crippen LogP contribution < -0.4 is 5.32 Å². The fourth-order valence-electron chi connectivity index (χ4n) is 2.52. The maximum absolute atomic E-state index is 12.6. The van der Waals surface area contributed by atoms with Crippen molar-refractivity contribution in [3.63, 3.8) is 0 Å². The second-order valence-corrected chi connectivity index (χ2v) is 6.50. The molecule has 1 amide bonds. The van der Waals surface area contributed by atoms with Gasteiger partial charge in [-0.2, -0.15) is 5.10 Å². The third-order valence-corrected chi connectivity index (χ3v) is 4.34. The minimum absolute atomic E-state index is 0.136. The largest absolute Gasteiger partial charge is 0.322 e. The number of carbonyl (C=O) groups excluding carboxylic acids is 1. The normalized spacial score (nSPS) is 10.6. The van der Waals surface area contributed by atoms with Gasteiger partial charge in [0.05, 0.1) is 22.6 Å². The second kappa shape index (κ2) is 6.54. The highest BCUT2D eigenvalue weighted by Crippen LogP contribution is 2.20. The highest BCUT2D eigenvalue weighted by Gasteiger charge is 2.19. The number of halogens is 1. The number of hydrogen-bond donors (Lipinski definition) is 1. The molecule has 0 unspecified atom stereocenters. The number of rotatable bonds is 3. The molecule has 2 aromatic carbocycles. The number of amides is 1. The summed E-state index contributed by atoms with van der Waals surface area (Å²) in [6, 6.07) is 17.5. The van der Waals surface area contributed by atoms with Gasteiger partial charge in [-0.15, -0.1) is 0 Å². The molecule has 116 valence electrons. The lowest BCUT2D eigenvalue weighted by Crippen LogP contribution is -2.14. The Balaban J connectivity index is 1.92. The first-order valence-electron chi connectivity index (χ1n) is 7.25. The van der Waals surface area contributed by atoms with Crippen molar-refractivity contribution in [3.8, 4) is 5.69 Å². The van der Waals surface area contributed by atoms with Crippen molar-refractivity contribution in [1.82, 2.24) is 9.78 Å². The van der Waals surface area contributed by atoms with Crippen molar-refractivity contribution in [1.29, 1.82) is 0 Å². The molecular formula is C18H16IN3O. The molecular weight excluding hydrogens is 401 g/mol. The summed E-state index contributed by atoms with van der Waals surface area (Å²) in [7, 11) is 0. The molecule has 0 saturated heterocycles. The van der Waals surface area contributed by atoms with Gasteiger partial charge < -0.3 is 5.32 Å². The van der Waals surface area contributed by atoms with Gasteiger partial charge in [0.15, 0.2) is 0 Å². The standard InChI is InChI=1S/C18H16IN3O/c1-12-17(18(23)20-15-10-8-14(19)9-11-15)13(2)22(21-12)16-6-4-3-5-7-16/h3-11H,1-2H3,(H,20,23). The number of hydrogen-bond acceptors (Lipinski definition) is 2. The van der Waals surface area contributed by atoms with Gasteiger partial charge in [-0.05, 0) is 72.8 Å². The van der Waals surface area contributed by atoms with E-state index in [0.717, 1.165) is 26.3 Å². The molecule has 23 heavy (non-hydrogen) atoms. The number of benzene rings is 2. The highest BCUT2D eigenvalue weighted by molar-refractivity contribution is 14.1. The number of carbonyl (C=O) groups is 1. The molecule has 0 fully saturated rings. The van der Waals surface area contributed by atoms with Crippen LogP contribution in [0.15, 0.2) is 54.6 Å². The van der Waals surface area contributed by atoms with Gasteiger partial charge in [0.1, 0.15) is 0 Å². The Kier molecular flexibility index (Phi) is 4.47. The lowest BCUT2D eigenvalue weighted by Gasteiger charge is -2.07. The fraction of sp³-hybridized carbons (Fsp3) is 0.111. The first-order valence-corrected chi connectivity index (χ1v) is 8.32. The molecule has 0 atom stereocenters. The molecule has 1 aromatic heterocycles. The Bertz CT molecular complexity index is 839. The summed E-state index contributed by atoms with van der Waals surface area (Å²) < 4.78 is 2.93. The maximum Gasteiger partial charge on any atom is 0.259 e. The monoisotopic (exact) mass is 417 g/mol. The second-order valence-electron chi connectivity index (χ2n) is 5.25. The SMILES string of the molecule is Cc1nn(-c2ccccc2)c(C)c1C(=O)Nc1ccc(I)cc1. The maximum atomic E-state index is 12.6. The van der Waals surface area contributed by atoms with Crippen LogP contribution >= 0.6 is 22.6 Å². The van der Waals surface area contributed by atoms with E-state index in [4.69, 9.17) is 0 Å². The van der Waals surface area contributed by atoms with Crippen molar-refractivity contribution in [2.75, 3.05) is 5.32 Å². The minimum atomic E-state index is -0.136. The van der Waals surface area contributed by atoms with Gasteiger partial charge >= 0.3 is 0 Å². The summed E-state index contributed by atoms with van der Waals surface area (Å²) in [5, 5.41) is 7.45. The summed E-state index contributed by atoms with van der Waals surface area (Å²) in [5.74, 6) is -0.136. The number of nitrogens with zero attached hydrogens (tertiary/aromatic N) is 2. The highest BCUT2D eigenvalue weighted by atomic mass is 127. The van der Waals surface area contributed by atoms with E-state index in [0.29, 0.717) is 5.56 Å². The van der Waals surface area contributed by atoms with Crippen LogP contribution in [0.1, 0.15) is 21.7 Å². The Morgan fingerprint density at radius 3 is 2.35 bits per heavy atom. The predicted octanol–water partition coefficient (Wildman–Crippen LogP) is 4.35. The van der Waals surface area contributed by atoms with E-state index in [1.165, 1.54) is 0 Å². The lowest BCUT2D eigenvalue weighted by atomic mass is 10.1. The van der Waals surface area contributed by atoms with E-state index >= 15 is 0 Å². The zero-order valence-corrected chi connectivity index (χ0v) is 15.0. The first-order chi connectivity index (χ1) is 11.1. The van der Waals surface area contributed by atoms with Gasteiger partial charge in [0.25, 0.3) is 5.91 Å². The van der Waals surface area contributed by atoms with Crippen molar-refractivity contribution in [2.24, 2.45) is 0 Å². The van der Waals surface area contributed by atoms with E-state index in [1.54, 1.807) is 4.68 Å². The van der Waals surface area contributed by atoms with Crippen molar-refractivity contribution in [3.05, 3.63) is 75.1 Å². The number of para-hydroxylation sites is 1. The van der Waals surface area contributed by atoms with E-state index in [9.17, 15) is 4.79 Å². The van der Waals surface area contributed by atoms with Gasteiger partial charge in [-0.25, -0.2) is 4.68 Å². The zero-order chi connectivity index (χ0) is 16.4. The molecule has 0 aliphatic carbocycles. The van der Waals surface area contributed by atoms with Crippen LogP contribution in [0.4, 0.5) is 5.69 Å². The van der Waals surface area contributed by atoms with Gasteiger partial charge in [0, 0.05) is 9.26 Å². The molecule has 1 N–H and O–H groups in total. The Morgan fingerprint density at radius 1 is 1.04 bits per heavy atom. The number of aryl methyl sites for hydroxylation is 1. The summed E-state index contributed by atoms with van der Waals surface area (Å²) >= 11 is 2.24. The van der Waals surface area contributed by atoms with Gasteiger partial charge in [-0.1, -0.05) is 18.2 Å². The first kappa shape index (κ1) is 15.7. The van der Waals surface area contributed by atoms with E-state index in [2.05, 4.69) is 33.0 Å². The van der Waals surface area contributed by atoms with E-state index in [1.807, 2.05) is 68.4 Å². The minimum Gasteiger partial charge on any atom is -0.322 e. The number of anilines is 1. The Morgan fingerprint density at radius 2 is 1.70 bits per heavy atom. The molecule has 0 saturated carbocycles. The zero-order valence-electron chi connectivity index (χ0n) is 12.9. The number of nitrogens with one attached hydrogen (secondary N) is 1. The molecule has 0 spiro atoms. The van der Waals surface area contributed by atoms with Crippen LogP contribution in [0.3, 0.4) is 0 Å². The molecule has 4 nitrogen and oxygen atoms in total. The average molecular weight is 417 g/mol. The van der Waals surface area contributed by atoms with E-state index < -0.39 is 0 Å². The van der Waals surface area contributed by atoms with Crippen LogP contribution in [0.2, 0.25) is 0 Å². The van der Waals surface area contributed by atoms with Crippen molar-refractivity contribution >= 4 is 34.2 Å². The molecule has 0 bridgehead atoms. The molecule has 0 aliphatic rings. The molecule has 3 aromatic rings. The van der Waals surface area contributed by atoms with Crippen LogP contribution in [0.25, 0.3) is 5.69 Å². The van der Waals surface area contributed by atoms with E-state index in [-0.39, 0.29) is 5.91 Å². The molecule has 5 heteroatoms. The van der Waals surface area contributed by atoms with Gasteiger partial charge in [-0.3, -0.25) is 4.79 Å². The Hall–Kier alpha value is -2.15. The quantitative estimate of drug-likeness (QED) is 0.645. The topological polar surface area (TPSA) is 46.9 Å². The average Bonchev–Trinajstić information content (AvgIpc) is 2.85. The molecule has 0 aliphatic heterocycles. The molecule has 3 rings (SSSR count). The Labute approximate surface area is 148 Å². The van der Waals surface area contributed by atoms with Crippen LogP contribution in [0, 0.1) is 17.4 Å². The lowest BCUT2D eigenvalue weighted by molar-refractivity contribution is 0.102. The van der Waals surface area contributed by atoms with Crippen LogP contribution in [-0.2, 0) is 0 Å². The number of aromatic nitrogens is 2. The third kappa shape index (κ3) is 3.29. The molecule has 1 heterocycles. The van der Waals surface area contributed by atoms with Crippen molar-refractivity contribution in [2.45, 2.75) is 13.8 Å². The fourth-order valence-corrected chi connectivity index (χ4v) is 2.88. The van der Waals surface area contributed by atoms with Gasteiger partial charge in [0.2, 0.25) is 0 Å².